The van der Waals surface area contributed by atoms with Gasteiger partial charge in [0.25, 0.3) is 0 Å². The van der Waals surface area contributed by atoms with E-state index in [0.717, 1.165) is 6.04 Å². The van der Waals surface area contributed by atoms with Crippen LogP contribution in [0.25, 0.3) is 0 Å². The van der Waals surface area contributed by atoms with Crippen molar-refractivity contribution in [2.24, 2.45) is 10.8 Å². The summed E-state index contributed by atoms with van der Waals surface area (Å²) in [5.74, 6) is 0. The van der Waals surface area contributed by atoms with Crippen molar-refractivity contribution >= 4 is 0 Å². The van der Waals surface area contributed by atoms with Gasteiger partial charge in [0.2, 0.25) is 0 Å². The molecule has 19 heavy (non-hydrogen) atoms. The van der Waals surface area contributed by atoms with Gasteiger partial charge in [0, 0.05) is 19.1 Å². The summed E-state index contributed by atoms with van der Waals surface area (Å²) in [7, 11) is 0. The third kappa shape index (κ3) is 3.16. The first-order valence-electron chi connectivity index (χ1n) is 8.54. The van der Waals surface area contributed by atoms with Crippen molar-refractivity contribution in [2.75, 3.05) is 26.2 Å². The lowest BCUT2D eigenvalue weighted by Gasteiger charge is -2.49. The van der Waals surface area contributed by atoms with Gasteiger partial charge in [0.15, 0.2) is 0 Å². The van der Waals surface area contributed by atoms with Crippen LogP contribution in [0.3, 0.4) is 0 Å². The van der Waals surface area contributed by atoms with Crippen LogP contribution in [0.2, 0.25) is 0 Å². The maximum Gasteiger partial charge on any atom is 0.00959 e. The molecular weight excluding hydrogens is 232 g/mol. The number of piperidine rings is 2. The lowest BCUT2D eigenvalue weighted by Crippen LogP contribution is -2.54. The van der Waals surface area contributed by atoms with Gasteiger partial charge in [0.05, 0.1) is 0 Å². The van der Waals surface area contributed by atoms with Crippen molar-refractivity contribution in [3.63, 3.8) is 0 Å². The average Bonchev–Trinajstić information content (AvgIpc) is 2.39. The Balaban J connectivity index is 1.59. The summed E-state index contributed by atoms with van der Waals surface area (Å²) in [5.41, 5.74) is 1.24. The monoisotopic (exact) mass is 264 g/mol. The van der Waals surface area contributed by atoms with Crippen LogP contribution in [0.15, 0.2) is 0 Å². The SMILES string of the molecule is CC1(C)CCC(N2CCCC3(CCCNC3)C2)CC1. The number of rotatable bonds is 1. The van der Waals surface area contributed by atoms with Gasteiger partial charge in [-0.3, -0.25) is 4.90 Å². The third-order valence-electron chi connectivity index (χ3n) is 6.08. The molecule has 0 amide bonds. The second-order valence-electron chi connectivity index (χ2n) is 8.25. The summed E-state index contributed by atoms with van der Waals surface area (Å²) < 4.78 is 0. The first-order chi connectivity index (χ1) is 9.09. The molecule has 0 bridgehead atoms. The second-order valence-corrected chi connectivity index (χ2v) is 8.25. The Morgan fingerprint density at radius 1 is 1.00 bits per heavy atom. The molecule has 1 unspecified atom stereocenters. The van der Waals surface area contributed by atoms with Gasteiger partial charge in [-0.2, -0.15) is 0 Å². The van der Waals surface area contributed by atoms with Crippen LogP contribution < -0.4 is 5.32 Å². The van der Waals surface area contributed by atoms with Gasteiger partial charge >= 0.3 is 0 Å². The molecule has 2 nitrogen and oxygen atoms in total. The van der Waals surface area contributed by atoms with Crippen molar-refractivity contribution in [3.8, 4) is 0 Å². The molecule has 1 N–H and O–H groups in total. The molecule has 0 radical (unpaired) electrons. The molecule has 0 aromatic carbocycles. The smallest absolute Gasteiger partial charge is 0.00959 e. The van der Waals surface area contributed by atoms with Crippen molar-refractivity contribution in [1.29, 1.82) is 0 Å². The minimum absolute atomic E-state index is 0.608. The van der Waals surface area contributed by atoms with Crippen LogP contribution in [-0.2, 0) is 0 Å². The maximum atomic E-state index is 3.66. The predicted octanol–water partition coefficient (Wildman–Crippen LogP) is 3.42. The van der Waals surface area contributed by atoms with E-state index in [0.29, 0.717) is 10.8 Å². The van der Waals surface area contributed by atoms with Crippen molar-refractivity contribution in [1.82, 2.24) is 10.2 Å². The van der Waals surface area contributed by atoms with E-state index in [1.165, 1.54) is 77.5 Å². The molecule has 2 heteroatoms. The molecule has 2 heterocycles. The topological polar surface area (TPSA) is 15.3 Å². The van der Waals surface area contributed by atoms with Crippen LogP contribution in [0.4, 0.5) is 0 Å². The molecule has 110 valence electrons. The fourth-order valence-electron chi connectivity index (χ4n) is 4.69. The Morgan fingerprint density at radius 2 is 1.74 bits per heavy atom. The summed E-state index contributed by atoms with van der Waals surface area (Å²) in [6, 6.07) is 0.895. The van der Waals surface area contributed by atoms with Gasteiger partial charge in [-0.15, -0.1) is 0 Å². The quantitative estimate of drug-likeness (QED) is 0.780. The van der Waals surface area contributed by atoms with Crippen molar-refractivity contribution in [2.45, 2.75) is 71.3 Å². The van der Waals surface area contributed by atoms with Gasteiger partial charge in [-0.1, -0.05) is 13.8 Å². The normalized spacial score (nSPS) is 37.6. The largest absolute Gasteiger partial charge is 0.316 e. The molecule has 1 aliphatic carbocycles. The van der Waals surface area contributed by atoms with Crippen molar-refractivity contribution < 1.29 is 0 Å². The molecule has 3 rings (SSSR count). The number of likely N-dealkylation sites (tertiary alicyclic amines) is 1. The molecule has 2 aliphatic heterocycles. The number of nitrogens with one attached hydrogen (secondary N) is 1. The van der Waals surface area contributed by atoms with Crippen LogP contribution >= 0.6 is 0 Å². The minimum Gasteiger partial charge on any atom is -0.316 e. The van der Waals surface area contributed by atoms with E-state index in [1.807, 2.05) is 0 Å². The van der Waals surface area contributed by atoms with Crippen molar-refractivity contribution in [3.05, 3.63) is 0 Å². The third-order valence-corrected chi connectivity index (χ3v) is 6.08. The van der Waals surface area contributed by atoms with Crippen LogP contribution in [0.1, 0.15) is 65.2 Å². The molecule has 0 aromatic rings. The molecular formula is C17H32N2. The molecule has 2 saturated heterocycles. The van der Waals surface area contributed by atoms with E-state index in [-0.39, 0.29) is 0 Å². The lowest BCUT2D eigenvalue weighted by atomic mass is 9.71. The van der Waals surface area contributed by atoms with E-state index in [9.17, 15) is 0 Å². The van der Waals surface area contributed by atoms with Crippen LogP contribution in [-0.4, -0.2) is 37.1 Å². The van der Waals surface area contributed by atoms with Crippen LogP contribution in [0, 0.1) is 10.8 Å². The first-order valence-corrected chi connectivity index (χ1v) is 8.54. The zero-order chi connectivity index (χ0) is 13.3. The Labute approximate surface area is 119 Å². The molecule has 1 atom stereocenters. The highest BCUT2D eigenvalue weighted by atomic mass is 15.2. The van der Waals surface area contributed by atoms with Gasteiger partial charge in [-0.25, -0.2) is 0 Å². The van der Waals surface area contributed by atoms with Crippen LogP contribution in [0.5, 0.6) is 0 Å². The Hall–Kier alpha value is -0.0800. The number of hydrogen-bond donors (Lipinski definition) is 1. The summed E-state index contributed by atoms with van der Waals surface area (Å²) in [5, 5.41) is 3.66. The number of nitrogens with zero attached hydrogens (tertiary/aromatic N) is 1. The van der Waals surface area contributed by atoms with E-state index < -0.39 is 0 Å². The highest BCUT2D eigenvalue weighted by Gasteiger charge is 2.39. The Morgan fingerprint density at radius 3 is 2.42 bits per heavy atom. The highest BCUT2D eigenvalue weighted by molar-refractivity contribution is 4.94. The highest BCUT2D eigenvalue weighted by Crippen LogP contribution is 2.41. The van der Waals surface area contributed by atoms with E-state index >= 15 is 0 Å². The summed E-state index contributed by atoms with van der Waals surface area (Å²) in [4.78, 5) is 2.87. The second kappa shape index (κ2) is 5.37. The Kier molecular flexibility index (Phi) is 3.92. The molecule has 1 saturated carbocycles. The maximum absolute atomic E-state index is 3.66. The lowest BCUT2D eigenvalue weighted by molar-refractivity contribution is 0.0143. The minimum atomic E-state index is 0.608. The average molecular weight is 264 g/mol. The predicted molar refractivity (Wildman–Crippen MR) is 81.4 cm³/mol. The molecule has 0 aromatic heterocycles. The molecule has 1 spiro atoms. The fourth-order valence-corrected chi connectivity index (χ4v) is 4.69. The first kappa shape index (κ1) is 13.9. The summed E-state index contributed by atoms with van der Waals surface area (Å²) in [6.07, 6.45) is 11.5. The molecule has 3 aliphatic rings. The van der Waals surface area contributed by atoms with Gasteiger partial charge in [0.1, 0.15) is 0 Å². The van der Waals surface area contributed by atoms with E-state index in [2.05, 4.69) is 24.1 Å². The molecule has 3 fully saturated rings. The summed E-state index contributed by atoms with van der Waals surface area (Å²) in [6.45, 7) is 10.2. The van der Waals surface area contributed by atoms with Gasteiger partial charge < -0.3 is 5.32 Å². The summed E-state index contributed by atoms with van der Waals surface area (Å²) >= 11 is 0. The van der Waals surface area contributed by atoms with E-state index in [1.54, 1.807) is 0 Å². The zero-order valence-electron chi connectivity index (χ0n) is 13.0. The standard InChI is InChI=1S/C17H32N2/c1-16(2)9-5-15(6-10-16)19-12-4-8-17(14-19)7-3-11-18-13-17/h15,18H,3-14H2,1-2H3. The fraction of sp³-hybridized carbons (Fsp3) is 1.00. The number of hydrogen-bond acceptors (Lipinski definition) is 2. The zero-order valence-corrected chi connectivity index (χ0v) is 13.0. The van der Waals surface area contributed by atoms with Gasteiger partial charge in [-0.05, 0) is 75.3 Å². The Bertz CT molecular complexity index is 289. The van der Waals surface area contributed by atoms with E-state index in [4.69, 9.17) is 0 Å².